The van der Waals surface area contributed by atoms with E-state index in [0.29, 0.717) is 6.04 Å². The number of furan rings is 1. The van der Waals surface area contributed by atoms with Gasteiger partial charge in [0.1, 0.15) is 0 Å². The lowest BCUT2D eigenvalue weighted by Crippen LogP contribution is -2.36. The molecule has 1 fully saturated rings. The average Bonchev–Trinajstić information content (AvgIpc) is 2.34. The normalized spacial score (nSPS) is 20.4. The zero-order valence-corrected chi connectivity index (χ0v) is 7.20. The van der Waals surface area contributed by atoms with Gasteiger partial charge < -0.3 is 10.2 Å². The molecule has 1 aliphatic rings. The highest BCUT2D eigenvalue weighted by Gasteiger charge is 2.24. The van der Waals surface area contributed by atoms with Crippen molar-refractivity contribution in [1.82, 2.24) is 0 Å². The van der Waals surface area contributed by atoms with Crippen LogP contribution in [0.2, 0.25) is 0 Å². The van der Waals surface area contributed by atoms with Crippen molar-refractivity contribution in [2.45, 2.75) is 31.7 Å². The molecule has 0 aliphatic heterocycles. The molecule has 0 saturated heterocycles. The first-order valence-corrected chi connectivity index (χ1v) is 4.63. The van der Waals surface area contributed by atoms with Crippen LogP contribution in [0.4, 0.5) is 0 Å². The van der Waals surface area contributed by atoms with Crippen molar-refractivity contribution in [3.8, 4) is 0 Å². The van der Waals surface area contributed by atoms with Crippen molar-refractivity contribution in [3.05, 3.63) is 24.2 Å². The monoisotopic (exact) mass is 165 g/mol. The van der Waals surface area contributed by atoms with Crippen LogP contribution < -0.4 is 5.73 Å². The SMILES string of the molecule is NC(Cc1ccoc1)C1CCC1. The number of hydrogen-bond donors (Lipinski definition) is 1. The minimum atomic E-state index is 0.344. The summed E-state index contributed by atoms with van der Waals surface area (Å²) >= 11 is 0. The summed E-state index contributed by atoms with van der Waals surface area (Å²) < 4.78 is 4.99. The second kappa shape index (κ2) is 3.31. The maximum absolute atomic E-state index is 6.03. The van der Waals surface area contributed by atoms with Crippen LogP contribution in [0.5, 0.6) is 0 Å². The molecule has 1 saturated carbocycles. The van der Waals surface area contributed by atoms with Crippen LogP contribution in [0.1, 0.15) is 24.8 Å². The number of nitrogens with two attached hydrogens (primary N) is 1. The van der Waals surface area contributed by atoms with Gasteiger partial charge in [-0.25, -0.2) is 0 Å². The second-order valence-corrected chi connectivity index (χ2v) is 3.69. The Balaban J connectivity index is 1.86. The van der Waals surface area contributed by atoms with E-state index in [1.165, 1.54) is 24.8 Å². The molecule has 0 bridgehead atoms. The van der Waals surface area contributed by atoms with Crippen LogP contribution in [0, 0.1) is 5.92 Å². The Morgan fingerprint density at radius 1 is 1.58 bits per heavy atom. The van der Waals surface area contributed by atoms with Gasteiger partial charge in [-0.15, -0.1) is 0 Å². The molecular weight excluding hydrogens is 150 g/mol. The average molecular weight is 165 g/mol. The van der Waals surface area contributed by atoms with E-state index in [1.54, 1.807) is 12.5 Å². The summed E-state index contributed by atoms with van der Waals surface area (Å²) in [6.07, 6.45) is 8.48. The zero-order valence-electron chi connectivity index (χ0n) is 7.20. The summed E-state index contributed by atoms with van der Waals surface area (Å²) in [5.74, 6) is 0.764. The summed E-state index contributed by atoms with van der Waals surface area (Å²) in [5, 5.41) is 0. The molecule has 0 radical (unpaired) electrons. The van der Waals surface area contributed by atoms with E-state index in [1.807, 2.05) is 6.07 Å². The van der Waals surface area contributed by atoms with E-state index in [-0.39, 0.29) is 0 Å². The third kappa shape index (κ3) is 1.53. The van der Waals surface area contributed by atoms with Crippen molar-refractivity contribution in [2.75, 3.05) is 0 Å². The molecule has 1 aliphatic carbocycles. The first-order valence-electron chi connectivity index (χ1n) is 4.63. The van der Waals surface area contributed by atoms with Gasteiger partial charge in [0.15, 0.2) is 0 Å². The zero-order chi connectivity index (χ0) is 8.39. The fraction of sp³-hybridized carbons (Fsp3) is 0.600. The quantitative estimate of drug-likeness (QED) is 0.743. The lowest BCUT2D eigenvalue weighted by Gasteiger charge is -2.30. The highest BCUT2D eigenvalue weighted by Crippen LogP contribution is 2.29. The van der Waals surface area contributed by atoms with Crippen molar-refractivity contribution in [1.29, 1.82) is 0 Å². The minimum absolute atomic E-state index is 0.344. The standard InChI is InChI=1S/C10H15NO/c11-10(9-2-1-3-9)6-8-4-5-12-7-8/h4-5,7,9-10H,1-3,6,11H2. The van der Waals surface area contributed by atoms with Crippen molar-refractivity contribution in [2.24, 2.45) is 11.7 Å². The maximum atomic E-state index is 6.03. The van der Waals surface area contributed by atoms with E-state index >= 15 is 0 Å². The summed E-state index contributed by atoms with van der Waals surface area (Å²) in [5.41, 5.74) is 7.26. The Bertz CT molecular complexity index is 226. The summed E-state index contributed by atoms with van der Waals surface area (Å²) in [4.78, 5) is 0. The maximum Gasteiger partial charge on any atom is 0.0935 e. The van der Waals surface area contributed by atoms with Gasteiger partial charge in [0.25, 0.3) is 0 Å². The smallest absolute Gasteiger partial charge is 0.0935 e. The Morgan fingerprint density at radius 2 is 2.42 bits per heavy atom. The van der Waals surface area contributed by atoms with Gasteiger partial charge in [0.2, 0.25) is 0 Å². The molecule has 1 unspecified atom stereocenters. The van der Waals surface area contributed by atoms with Crippen molar-refractivity contribution in [3.63, 3.8) is 0 Å². The molecule has 1 aromatic heterocycles. The molecule has 0 aromatic carbocycles. The first kappa shape index (κ1) is 7.87. The Kier molecular flexibility index (Phi) is 2.17. The molecule has 2 nitrogen and oxygen atoms in total. The van der Waals surface area contributed by atoms with Crippen molar-refractivity contribution >= 4 is 0 Å². The van der Waals surface area contributed by atoms with Gasteiger partial charge in [0.05, 0.1) is 12.5 Å². The van der Waals surface area contributed by atoms with Gasteiger partial charge in [-0.3, -0.25) is 0 Å². The van der Waals surface area contributed by atoms with E-state index < -0.39 is 0 Å². The number of rotatable bonds is 3. The molecule has 0 spiro atoms. The van der Waals surface area contributed by atoms with Gasteiger partial charge in [0, 0.05) is 6.04 Å². The molecule has 2 heteroatoms. The topological polar surface area (TPSA) is 39.2 Å². The first-order chi connectivity index (χ1) is 5.86. The largest absolute Gasteiger partial charge is 0.472 e. The van der Waals surface area contributed by atoms with Crippen LogP contribution in [0.25, 0.3) is 0 Å². The van der Waals surface area contributed by atoms with Gasteiger partial charge in [-0.2, -0.15) is 0 Å². The summed E-state index contributed by atoms with van der Waals surface area (Å²) in [7, 11) is 0. The molecule has 66 valence electrons. The summed E-state index contributed by atoms with van der Waals surface area (Å²) in [6.45, 7) is 0. The molecule has 1 aromatic rings. The van der Waals surface area contributed by atoms with E-state index in [0.717, 1.165) is 12.3 Å². The van der Waals surface area contributed by atoms with E-state index in [2.05, 4.69) is 0 Å². The Morgan fingerprint density at radius 3 is 2.92 bits per heavy atom. The fourth-order valence-corrected chi connectivity index (χ4v) is 1.72. The fourth-order valence-electron chi connectivity index (χ4n) is 1.72. The van der Waals surface area contributed by atoms with Crippen molar-refractivity contribution < 1.29 is 4.42 Å². The molecule has 12 heavy (non-hydrogen) atoms. The summed E-state index contributed by atoms with van der Waals surface area (Å²) in [6, 6.07) is 2.34. The minimum Gasteiger partial charge on any atom is -0.472 e. The predicted molar refractivity (Wildman–Crippen MR) is 47.7 cm³/mol. The van der Waals surface area contributed by atoms with Crippen LogP contribution in [-0.2, 0) is 6.42 Å². The molecule has 2 rings (SSSR count). The molecule has 0 amide bonds. The number of hydrogen-bond acceptors (Lipinski definition) is 2. The van der Waals surface area contributed by atoms with Gasteiger partial charge in [-0.1, -0.05) is 6.42 Å². The molecule has 2 N–H and O–H groups in total. The third-order valence-electron chi connectivity index (χ3n) is 2.81. The van der Waals surface area contributed by atoms with E-state index in [9.17, 15) is 0 Å². The highest BCUT2D eigenvalue weighted by atomic mass is 16.3. The molecule has 1 heterocycles. The predicted octanol–water partition coefficient (Wildman–Crippen LogP) is 1.95. The van der Waals surface area contributed by atoms with Gasteiger partial charge >= 0.3 is 0 Å². The van der Waals surface area contributed by atoms with Crippen LogP contribution >= 0.6 is 0 Å². The van der Waals surface area contributed by atoms with Crippen LogP contribution in [0.3, 0.4) is 0 Å². The Hall–Kier alpha value is -0.760. The highest BCUT2D eigenvalue weighted by molar-refractivity contribution is 5.08. The molecular formula is C10H15NO. The van der Waals surface area contributed by atoms with Crippen LogP contribution in [-0.4, -0.2) is 6.04 Å². The van der Waals surface area contributed by atoms with Crippen LogP contribution in [0.15, 0.2) is 23.0 Å². The Labute approximate surface area is 72.7 Å². The lowest BCUT2D eigenvalue weighted by molar-refractivity contribution is 0.260. The third-order valence-corrected chi connectivity index (χ3v) is 2.81. The molecule has 1 atom stereocenters. The second-order valence-electron chi connectivity index (χ2n) is 3.69. The van der Waals surface area contributed by atoms with E-state index in [4.69, 9.17) is 10.2 Å². The lowest BCUT2D eigenvalue weighted by atomic mass is 9.78. The van der Waals surface area contributed by atoms with Gasteiger partial charge in [-0.05, 0) is 36.8 Å².